The second kappa shape index (κ2) is 7.59. The third-order valence-corrected chi connectivity index (χ3v) is 3.56. The Bertz CT molecular complexity index is 614. The number of nitrogens with zero attached hydrogens (tertiary/aromatic N) is 4. The maximum absolute atomic E-state index is 4.49. The smallest absolute Gasteiger partial charge is 0.191 e. The second-order valence-electron chi connectivity index (χ2n) is 5.25. The van der Waals surface area contributed by atoms with E-state index in [1.807, 2.05) is 30.0 Å². The zero-order chi connectivity index (χ0) is 15.9. The molecule has 0 aromatic carbocycles. The van der Waals surface area contributed by atoms with Crippen molar-refractivity contribution in [3.63, 3.8) is 0 Å². The molecule has 0 saturated carbocycles. The highest BCUT2D eigenvalue weighted by Crippen LogP contribution is 2.08. The van der Waals surface area contributed by atoms with Crippen LogP contribution < -0.4 is 10.6 Å². The van der Waals surface area contributed by atoms with Gasteiger partial charge in [-0.25, -0.2) is 9.97 Å². The molecule has 2 aromatic heterocycles. The number of rotatable bonds is 5. The van der Waals surface area contributed by atoms with E-state index in [0.29, 0.717) is 12.6 Å². The van der Waals surface area contributed by atoms with Gasteiger partial charge in [0, 0.05) is 38.2 Å². The Labute approximate surface area is 131 Å². The molecule has 0 aliphatic carbocycles. The van der Waals surface area contributed by atoms with E-state index in [1.54, 1.807) is 13.2 Å². The Hall–Kier alpha value is -2.37. The number of aliphatic imine (C=N–C) groups is 1. The molecule has 2 N–H and O–H groups in total. The Morgan fingerprint density at radius 3 is 2.73 bits per heavy atom. The van der Waals surface area contributed by atoms with Crippen molar-refractivity contribution in [1.29, 1.82) is 0 Å². The fourth-order valence-corrected chi connectivity index (χ4v) is 2.00. The van der Waals surface area contributed by atoms with Gasteiger partial charge in [0.25, 0.3) is 0 Å². The highest BCUT2D eigenvalue weighted by molar-refractivity contribution is 5.79. The van der Waals surface area contributed by atoms with Gasteiger partial charge in [0.2, 0.25) is 0 Å². The number of nitrogens with one attached hydrogen (secondary N) is 2. The van der Waals surface area contributed by atoms with E-state index < -0.39 is 0 Å². The van der Waals surface area contributed by atoms with Crippen LogP contribution in [0.5, 0.6) is 0 Å². The number of guanidine groups is 1. The zero-order valence-electron chi connectivity index (χ0n) is 13.7. The molecule has 2 aromatic rings. The molecule has 0 amide bonds. The Balaban J connectivity index is 1.95. The molecule has 6 heteroatoms. The third kappa shape index (κ3) is 4.07. The van der Waals surface area contributed by atoms with E-state index in [4.69, 9.17) is 0 Å². The van der Waals surface area contributed by atoms with Crippen LogP contribution in [0.25, 0.3) is 5.82 Å². The molecule has 0 aliphatic rings. The first-order valence-electron chi connectivity index (χ1n) is 7.56. The van der Waals surface area contributed by atoms with Gasteiger partial charge >= 0.3 is 0 Å². The molecule has 22 heavy (non-hydrogen) atoms. The highest BCUT2D eigenvalue weighted by Gasteiger charge is 2.04. The summed E-state index contributed by atoms with van der Waals surface area (Å²) in [6.45, 7) is 6.93. The number of hydrogen-bond acceptors (Lipinski definition) is 3. The lowest BCUT2D eigenvalue weighted by atomic mass is 10.2. The van der Waals surface area contributed by atoms with Crippen molar-refractivity contribution in [2.45, 2.75) is 39.8 Å². The first-order chi connectivity index (χ1) is 10.6. The van der Waals surface area contributed by atoms with Gasteiger partial charge in [-0.05, 0) is 31.9 Å². The van der Waals surface area contributed by atoms with Crippen molar-refractivity contribution in [3.05, 3.63) is 42.1 Å². The van der Waals surface area contributed by atoms with Gasteiger partial charge in [-0.15, -0.1) is 0 Å². The summed E-state index contributed by atoms with van der Waals surface area (Å²) in [7, 11) is 1.78. The number of aromatic nitrogens is 3. The minimum atomic E-state index is 0.399. The van der Waals surface area contributed by atoms with Crippen LogP contribution in [0.2, 0.25) is 0 Å². The van der Waals surface area contributed by atoms with Crippen LogP contribution in [0.3, 0.4) is 0 Å². The quantitative estimate of drug-likeness (QED) is 0.655. The molecule has 6 nitrogen and oxygen atoms in total. The Morgan fingerprint density at radius 2 is 2.18 bits per heavy atom. The van der Waals surface area contributed by atoms with E-state index in [0.717, 1.165) is 29.6 Å². The van der Waals surface area contributed by atoms with Crippen molar-refractivity contribution in [1.82, 2.24) is 25.2 Å². The predicted molar refractivity (Wildman–Crippen MR) is 89.2 cm³/mol. The number of pyridine rings is 1. The summed E-state index contributed by atoms with van der Waals surface area (Å²) in [6.07, 6.45) is 6.62. The summed E-state index contributed by atoms with van der Waals surface area (Å²) in [6, 6.07) is 4.46. The van der Waals surface area contributed by atoms with Crippen LogP contribution in [0, 0.1) is 6.92 Å². The van der Waals surface area contributed by atoms with Crippen LogP contribution >= 0.6 is 0 Å². The van der Waals surface area contributed by atoms with Crippen molar-refractivity contribution in [2.24, 2.45) is 4.99 Å². The van der Waals surface area contributed by atoms with E-state index >= 15 is 0 Å². The first kappa shape index (κ1) is 16.0. The summed E-state index contributed by atoms with van der Waals surface area (Å²) >= 11 is 0. The normalized spacial score (nSPS) is 13.0. The van der Waals surface area contributed by atoms with Crippen molar-refractivity contribution < 1.29 is 0 Å². The van der Waals surface area contributed by atoms with Crippen LogP contribution in [0.15, 0.2) is 35.7 Å². The largest absolute Gasteiger partial charge is 0.354 e. The van der Waals surface area contributed by atoms with Crippen molar-refractivity contribution in [2.75, 3.05) is 7.05 Å². The van der Waals surface area contributed by atoms with Gasteiger partial charge in [0.05, 0.1) is 0 Å². The van der Waals surface area contributed by atoms with Gasteiger partial charge in [0.1, 0.15) is 11.6 Å². The Morgan fingerprint density at radius 1 is 1.36 bits per heavy atom. The SMILES string of the molecule is CCC(C)NC(=NC)NCc1ccc(-n2ccnc2C)nc1. The molecule has 0 spiro atoms. The molecular formula is C16H24N6. The lowest BCUT2D eigenvalue weighted by Crippen LogP contribution is -2.41. The summed E-state index contributed by atoms with van der Waals surface area (Å²) in [4.78, 5) is 12.9. The summed E-state index contributed by atoms with van der Waals surface area (Å²) in [5.74, 6) is 2.61. The monoisotopic (exact) mass is 300 g/mol. The number of imidazole rings is 1. The van der Waals surface area contributed by atoms with Crippen molar-refractivity contribution >= 4 is 5.96 Å². The van der Waals surface area contributed by atoms with Crippen LogP contribution in [-0.4, -0.2) is 33.6 Å². The molecule has 118 valence electrons. The minimum absolute atomic E-state index is 0.399. The molecule has 0 saturated heterocycles. The molecule has 0 radical (unpaired) electrons. The standard InChI is InChI=1S/C16H24N6/c1-5-12(2)21-16(17-4)20-11-14-6-7-15(19-10-14)22-9-8-18-13(22)3/h6-10,12H,5,11H2,1-4H3,(H2,17,20,21). The van der Waals surface area contributed by atoms with E-state index in [9.17, 15) is 0 Å². The molecule has 1 unspecified atom stereocenters. The average molecular weight is 300 g/mol. The minimum Gasteiger partial charge on any atom is -0.354 e. The van der Waals surface area contributed by atoms with E-state index in [2.05, 4.69) is 45.5 Å². The van der Waals surface area contributed by atoms with Gasteiger partial charge in [-0.2, -0.15) is 0 Å². The third-order valence-electron chi connectivity index (χ3n) is 3.56. The zero-order valence-corrected chi connectivity index (χ0v) is 13.7. The molecular weight excluding hydrogens is 276 g/mol. The van der Waals surface area contributed by atoms with E-state index in [1.165, 1.54) is 0 Å². The highest BCUT2D eigenvalue weighted by atomic mass is 15.2. The van der Waals surface area contributed by atoms with Crippen LogP contribution in [0.4, 0.5) is 0 Å². The fraction of sp³-hybridized carbons (Fsp3) is 0.438. The van der Waals surface area contributed by atoms with Crippen LogP contribution in [0.1, 0.15) is 31.7 Å². The fourth-order valence-electron chi connectivity index (χ4n) is 2.00. The van der Waals surface area contributed by atoms with Gasteiger partial charge < -0.3 is 10.6 Å². The lowest BCUT2D eigenvalue weighted by Gasteiger charge is -2.16. The molecule has 2 heterocycles. The number of hydrogen-bond donors (Lipinski definition) is 2. The average Bonchev–Trinajstić information content (AvgIpc) is 2.97. The van der Waals surface area contributed by atoms with Gasteiger partial charge in [0.15, 0.2) is 5.96 Å². The van der Waals surface area contributed by atoms with E-state index in [-0.39, 0.29) is 0 Å². The predicted octanol–water partition coefficient (Wildman–Crippen LogP) is 2.04. The topological polar surface area (TPSA) is 67.1 Å². The molecule has 0 bridgehead atoms. The first-order valence-corrected chi connectivity index (χ1v) is 7.56. The summed E-state index contributed by atoms with van der Waals surface area (Å²) in [5.41, 5.74) is 1.11. The van der Waals surface area contributed by atoms with Crippen LogP contribution in [-0.2, 0) is 6.54 Å². The lowest BCUT2D eigenvalue weighted by molar-refractivity contribution is 0.624. The number of aryl methyl sites for hydroxylation is 1. The van der Waals surface area contributed by atoms with Crippen molar-refractivity contribution in [3.8, 4) is 5.82 Å². The maximum Gasteiger partial charge on any atom is 0.191 e. The second-order valence-corrected chi connectivity index (χ2v) is 5.25. The maximum atomic E-state index is 4.49. The summed E-state index contributed by atoms with van der Waals surface area (Å²) in [5, 5.41) is 6.63. The molecule has 0 fully saturated rings. The molecule has 2 rings (SSSR count). The summed E-state index contributed by atoms with van der Waals surface area (Å²) < 4.78 is 1.96. The van der Waals surface area contributed by atoms with Gasteiger partial charge in [-0.3, -0.25) is 9.56 Å². The molecule has 0 aliphatic heterocycles. The molecule has 1 atom stereocenters. The van der Waals surface area contributed by atoms with Gasteiger partial charge in [-0.1, -0.05) is 13.0 Å². The Kier molecular flexibility index (Phi) is 5.52.